The van der Waals surface area contributed by atoms with E-state index in [2.05, 4.69) is 29.0 Å². The van der Waals surface area contributed by atoms with E-state index in [1.54, 1.807) is 0 Å². The number of hydrogen-bond donors (Lipinski definition) is 1. The van der Waals surface area contributed by atoms with Crippen LogP contribution in [0.4, 0.5) is 0 Å². The Balaban J connectivity index is 1.47. The summed E-state index contributed by atoms with van der Waals surface area (Å²) in [6.07, 6.45) is 3.72. The number of likely N-dealkylation sites (tertiary alicyclic amines) is 1. The predicted molar refractivity (Wildman–Crippen MR) is 141 cm³/mol. The molecule has 36 heavy (non-hydrogen) atoms. The number of rotatable bonds is 7. The first-order chi connectivity index (χ1) is 17.5. The highest BCUT2D eigenvalue weighted by Crippen LogP contribution is 2.37. The van der Waals surface area contributed by atoms with Crippen LogP contribution in [0.5, 0.6) is 11.5 Å². The first kappa shape index (κ1) is 23.7. The van der Waals surface area contributed by atoms with Gasteiger partial charge in [0.2, 0.25) is 11.8 Å². The minimum atomic E-state index is -0.272. The van der Waals surface area contributed by atoms with E-state index in [4.69, 9.17) is 10.5 Å². The van der Waals surface area contributed by atoms with Gasteiger partial charge in [-0.15, -0.1) is 0 Å². The molecule has 6 heteroatoms. The lowest BCUT2D eigenvalue weighted by molar-refractivity contribution is -0.135. The third-order valence-electron chi connectivity index (χ3n) is 7.17. The van der Waals surface area contributed by atoms with E-state index < -0.39 is 0 Å². The van der Waals surface area contributed by atoms with E-state index in [0.717, 1.165) is 33.5 Å². The number of nitrogens with two attached hydrogens (primary N) is 1. The second-order valence-electron chi connectivity index (χ2n) is 9.51. The number of aryl methyl sites for hydroxylation is 1. The minimum absolute atomic E-state index is 0.0882. The Morgan fingerprint density at radius 3 is 2.39 bits per heavy atom. The summed E-state index contributed by atoms with van der Waals surface area (Å²) in [7, 11) is 2.04. The van der Waals surface area contributed by atoms with Gasteiger partial charge in [-0.05, 0) is 54.3 Å². The summed E-state index contributed by atoms with van der Waals surface area (Å²) in [5.74, 6) is 1.03. The lowest BCUT2D eigenvalue weighted by atomic mass is 9.87. The number of carbonyl (C=O) groups is 2. The summed E-state index contributed by atoms with van der Waals surface area (Å²) in [6, 6.07) is 26.0. The van der Waals surface area contributed by atoms with Crippen LogP contribution < -0.4 is 10.5 Å². The van der Waals surface area contributed by atoms with Gasteiger partial charge in [-0.1, -0.05) is 48.5 Å². The lowest BCUT2D eigenvalue weighted by Crippen LogP contribution is -2.42. The molecule has 0 saturated carbocycles. The fraction of sp³-hybridized carbons (Fsp3) is 0.267. The van der Waals surface area contributed by atoms with Gasteiger partial charge < -0.3 is 19.9 Å². The summed E-state index contributed by atoms with van der Waals surface area (Å²) >= 11 is 0. The minimum Gasteiger partial charge on any atom is -0.457 e. The maximum absolute atomic E-state index is 13.5. The molecule has 4 aromatic rings. The smallest absolute Gasteiger partial charge is 0.223 e. The second-order valence-corrected chi connectivity index (χ2v) is 9.51. The Kier molecular flexibility index (Phi) is 6.76. The van der Waals surface area contributed by atoms with Crippen molar-refractivity contribution >= 4 is 22.7 Å². The number of fused-ring (bicyclic) bond motifs is 1. The molecular formula is C30H31N3O3. The third-order valence-corrected chi connectivity index (χ3v) is 7.17. The molecule has 5 rings (SSSR count). The molecule has 1 unspecified atom stereocenters. The molecule has 2 N–H and O–H groups in total. The molecule has 1 aliphatic rings. The number of piperidine rings is 1. The highest BCUT2D eigenvalue weighted by molar-refractivity contribution is 5.87. The van der Waals surface area contributed by atoms with Crippen molar-refractivity contribution in [2.75, 3.05) is 13.1 Å². The zero-order chi connectivity index (χ0) is 25.1. The Hall–Kier alpha value is -4.06. The summed E-state index contributed by atoms with van der Waals surface area (Å²) in [4.78, 5) is 27.0. The third kappa shape index (κ3) is 4.98. The number of ether oxygens (including phenoxy) is 1. The van der Waals surface area contributed by atoms with E-state index in [9.17, 15) is 9.59 Å². The van der Waals surface area contributed by atoms with Crippen molar-refractivity contribution in [1.29, 1.82) is 0 Å². The number of para-hydroxylation sites is 2. The quantitative estimate of drug-likeness (QED) is 0.393. The van der Waals surface area contributed by atoms with Gasteiger partial charge >= 0.3 is 0 Å². The monoisotopic (exact) mass is 481 g/mol. The second kappa shape index (κ2) is 10.3. The van der Waals surface area contributed by atoms with E-state index in [-0.39, 0.29) is 23.7 Å². The highest BCUT2D eigenvalue weighted by Gasteiger charge is 2.29. The summed E-state index contributed by atoms with van der Waals surface area (Å²) in [6.45, 7) is 1.12. The number of hydrogen-bond acceptors (Lipinski definition) is 3. The number of primary amides is 1. The Bertz CT molecular complexity index is 1370. The molecule has 0 spiro atoms. The van der Waals surface area contributed by atoms with Crippen LogP contribution in [0.3, 0.4) is 0 Å². The molecule has 3 aromatic carbocycles. The van der Waals surface area contributed by atoms with Crippen LogP contribution in [0.1, 0.15) is 36.3 Å². The van der Waals surface area contributed by atoms with Crippen molar-refractivity contribution in [2.45, 2.75) is 25.2 Å². The van der Waals surface area contributed by atoms with Crippen LogP contribution in [0.15, 0.2) is 85.1 Å². The Labute approximate surface area is 211 Å². The normalized spacial score (nSPS) is 15.1. The average molecular weight is 482 g/mol. The standard InChI is InChI=1S/C30H31N3O3/c1-32-20-27(25-12-5-6-13-28(25)32)26(19-29(34)33-16-14-21(15-17-33)30(31)35)22-8-7-11-24(18-22)36-23-9-3-2-4-10-23/h2-13,18,20-21,26H,14-17,19H2,1H3,(H2,31,35). The zero-order valence-corrected chi connectivity index (χ0v) is 20.5. The highest BCUT2D eigenvalue weighted by atomic mass is 16.5. The topological polar surface area (TPSA) is 77.6 Å². The number of carbonyl (C=O) groups excluding carboxylic acids is 2. The molecule has 0 radical (unpaired) electrons. The van der Waals surface area contributed by atoms with Crippen molar-refractivity contribution < 1.29 is 14.3 Å². The maximum atomic E-state index is 13.5. The van der Waals surface area contributed by atoms with E-state index in [1.807, 2.05) is 72.6 Å². The van der Waals surface area contributed by atoms with Gasteiger partial charge in [-0.3, -0.25) is 9.59 Å². The van der Waals surface area contributed by atoms with E-state index in [0.29, 0.717) is 32.4 Å². The molecular weight excluding hydrogens is 450 g/mol. The molecule has 1 atom stereocenters. The maximum Gasteiger partial charge on any atom is 0.223 e. The largest absolute Gasteiger partial charge is 0.457 e. The molecule has 2 heterocycles. The van der Waals surface area contributed by atoms with Gasteiger partial charge in [0.05, 0.1) is 0 Å². The SMILES string of the molecule is Cn1cc(C(CC(=O)N2CCC(C(N)=O)CC2)c2cccc(Oc3ccccc3)c2)c2ccccc21. The summed E-state index contributed by atoms with van der Waals surface area (Å²) < 4.78 is 8.22. The molecule has 6 nitrogen and oxygen atoms in total. The van der Waals surface area contributed by atoms with Gasteiger partial charge in [0.15, 0.2) is 0 Å². The number of amides is 2. The molecule has 184 valence electrons. The first-order valence-electron chi connectivity index (χ1n) is 12.4. The number of benzene rings is 3. The van der Waals surface area contributed by atoms with Gasteiger partial charge in [-0.25, -0.2) is 0 Å². The molecule has 0 bridgehead atoms. The van der Waals surface area contributed by atoms with Crippen molar-refractivity contribution in [3.63, 3.8) is 0 Å². The molecule has 1 aromatic heterocycles. The van der Waals surface area contributed by atoms with Crippen molar-refractivity contribution in [2.24, 2.45) is 18.7 Å². The van der Waals surface area contributed by atoms with E-state index in [1.165, 1.54) is 0 Å². The molecule has 2 amide bonds. The van der Waals surface area contributed by atoms with Crippen molar-refractivity contribution in [3.8, 4) is 11.5 Å². The van der Waals surface area contributed by atoms with Crippen LogP contribution in [-0.4, -0.2) is 34.4 Å². The van der Waals surface area contributed by atoms with Crippen molar-refractivity contribution in [1.82, 2.24) is 9.47 Å². The van der Waals surface area contributed by atoms with Crippen LogP contribution >= 0.6 is 0 Å². The lowest BCUT2D eigenvalue weighted by Gasteiger charge is -2.32. The van der Waals surface area contributed by atoms with Crippen LogP contribution in [-0.2, 0) is 16.6 Å². The van der Waals surface area contributed by atoms with E-state index >= 15 is 0 Å². The Morgan fingerprint density at radius 1 is 0.944 bits per heavy atom. The summed E-state index contributed by atoms with van der Waals surface area (Å²) in [5.41, 5.74) is 8.76. The summed E-state index contributed by atoms with van der Waals surface area (Å²) in [5, 5.41) is 1.14. The van der Waals surface area contributed by atoms with Gasteiger partial charge in [0.25, 0.3) is 0 Å². The Morgan fingerprint density at radius 2 is 1.64 bits per heavy atom. The fourth-order valence-electron chi connectivity index (χ4n) is 5.19. The molecule has 0 aliphatic carbocycles. The molecule has 1 fully saturated rings. The predicted octanol–water partition coefficient (Wildman–Crippen LogP) is 5.22. The van der Waals surface area contributed by atoms with Crippen LogP contribution in [0, 0.1) is 5.92 Å². The van der Waals surface area contributed by atoms with Crippen LogP contribution in [0.25, 0.3) is 10.9 Å². The first-order valence-corrected chi connectivity index (χ1v) is 12.4. The van der Waals surface area contributed by atoms with Gasteiger partial charge in [0, 0.05) is 55.5 Å². The van der Waals surface area contributed by atoms with Crippen molar-refractivity contribution in [3.05, 3.63) is 96.2 Å². The van der Waals surface area contributed by atoms with Gasteiger partial charge in [-0.2, -0.15) is 0 Å². The molecule has 1 aliphatic heterocycles. The average Bonchev–Trinajstić information content (AvgIpc) is 3.24. The number of aromatic nitrogens is 1. The number of nitrogens with zero attached hydrogens (tertiary/aromatic N) is 2. The fourth-order valence-corrected chi connectivity index (χ4v) is 5.19. The zero-order valence-electron chi connectivity index (χ0n) is 20.5. The van der Waals surface area contributed by atoms with Crippen LogP contribution in [0.2, 0.25) is 0 Å². The molecule has 1 saturated heterocycles. The van der Waals surface area contributed by atoms with Gasteiger partial charge in [0.1, 0.15) is 11.5 Å².